The molecule has 16 heavy (non-hydrogen) atoms. The van der Waals surface area contributed by atoms with Crippen LogP contribution in [0.3, 0.4) is 0 Å². The summed E-state index contributed by atoms with van der Waals surface area (Å²) in [5, 5.41) is 0. The molecule has 0 radical (unpaired) electrons. The Morgan fingerprint density at radius 3 is 2.88 bits per heavy atom. The van der Waals surface area contributed by atoms with Crippen LogP contribution in [0, 0.1) is 6.92 Å². The van der Waals surface area contributed by atoms with Gasteiger partial charge in [-0.15, -0.1) is 0 Å². The van der Waals surface area contributed by atoms with E-state index in [1.165, 1.54) is 5.56 Å². The highest BCUT2D eigenvalue weighted by Crippen LogP contribution is 2.21. The average Bonchev–Trinajstić information content (AvgIpc) is 2.66. The number of benzene rings is 1. The van der Waals surface area contributed by atoms with Gasteiger partial charge in [0, 0.05) is 12.3 Å². The number of fused-ring (bicyclic) bond motifs is 3. The van der Waals surface area contributed by atoms with Crippen molar-refractivity contribution in [1.82, 2.24) is 9.38 Å². The van der Waals surface area contributed by atoms with Crippen molar-refractivity contribution >= 4 is 16.7 Å². The van der Waals surface area contributed by atoms with Gasteiger partial charge in [0.25, 0.3) is 0 Å². The topological polar surface area (TPSA) is 26.5 Å². The van der Waals surface area contributed by atoms with Gasteiger partial charge in [-0.3, -0.25) is 4.40 Å². The summed E-state index contributed by atoms with van der Waals surface area (Å²) in [7, 11) is 1.67. The van der Waals surface area contributed by atoms with Gasteiger partial charge in [0.15, 0.2) is 0 Å². The van der Waals surface area contributed by atoms with Gasteiger partial charge in [0.1, 0.15) is 11.4 Å². The fourth-order valence-corrected chi connectivity index (χ4v) is 1.93. The zero-order chi connectivity index (χ0) is 11.1. The maximum atomic E-state index is 5.19. The highest BCUT2D eigenvalue weighted by atomic mass is 16.5. The molecule has 0 aliphatic rings. The van der Waals surface area contributed by atoms with Crippen molar-refractivity contribution in [2.24, 2.45) is 0 Å². The van der Waals surface area contributed by atoms with E-state index in [2.05, 4.69) is 28.6 Å². The molecule has 80 valence electrons. The van der Waals surface area contributed by atoms with Crippen molar-refractivity contribution in [3.05, 3.63) is 42.1 Å². The number of hydrogen-bond acceptors (Lipinski definition) is 2. The third-order valence-corrected chi connectivity index (χ3v) is 2.75. The summed E-state index contributed by atoms with van der Waals surface area (Å²) in [4.78, 5) is 4.55. The monoisotopic (exact) mass is 212 g/mol. The third kappa shape index (κ3) is 1.25. The quantitative estimate of drug-likeness (QED) is 0.620. The summed E-state index contributed by atoms with van der Waals surface area (Å²) in [5.74, 6) is 0.840. The molecule has 3 aromatic rings. The van der Waals surface area contributed by atoms with Crippen LogP contribution in [-0.4, -0.2) is 16.5 Å². The number of aryl methyl sites for hydroxylation is 1. The molecular weight excluding hydrogens is 200 g/mol. The van der Waals surface area contributed by atoms with Crippen molar-refractivity contribution in [3.63, 3.8) is 0 Å². The number of nitrogens with zero attached hydrogens (tertiary/aromatic N) is 2. The number of methoxy groups -OCH3 is 1. The Balaban J connectivity index is 2.41. The molecule has 0 bridgehead atoms. The fourth-order valence-electron chi connectivity index (χ4n) is 1.93. The molecule has 0 saturated heterocycles. The molecule has 1 aromatic carbocycles. The molecule has 3 nitrogen and oxygen atoms in total. The van der Waals surface area contributed by atoms with Gasteiger partial charge < -0.3 is 4.74 Å². The molecule has 2 aromatic heterocycles. The summed E-state index contributed by atoms with van der Waals surface area (Å²) < 4.78 is 7.29. The van der Waals surface area contributed by atoms with Crippen LogP contribution in [0.15, 0.2) is 36.5 Å². The van der Waals surface area contributed by atoms with Crippen LogP contribution in [0.25, 0.3) is 16.7 Å². The molecule has 0 fully saturated rings. The lowest BCUT2D eigenvalue weighted by Gasteiger charge is -1.99. The van der Waals surface area contributed by atoms with Gasteiger partial charge in [-0.25, -0.2) is 4.98 Å². The molecule has 0 atom stereocenters. The molecule has 2 heterocycles. The van der Waals surface area contributed by atoms with Crippen LogP contribution >= 0.6 is 0 Å². The first kappa shape index (κ1) is 9.21. The van der Waals surface area contributed by atoms with Crippen LogP contribution < -0.4 is 4.74 Å². The molecule has 0 unspecified atom stereocenters. The normalized spacial score (nSPS) is 11.1. The van der Waals surface area contributed by atoms with Crippen LogP contribution in [0.4, 0.5) is 0 Å². The van der Waals surface area contributed by atoms with Gasteiger partial charge in [-0.05, 0) is 30.7 Å². The number of pyridine rings is 1. The van der Waals surface area contributed by atoms with E-state index in [9.17, 15) is 0 Å². The first-order valence-electron chi connectivity index (χ1n) is 5.20. The Kier molecular flexibility index (Phi) is 1.86. The maximum Gasteiger partial charge on any atom is 0.137 e. The highest BCUT2D eigenvalue weighted by molar-refractivity contribution is 5.81. The van der Waals surface area contributed by atoms with E-state index in [0.29, 0.717) is 0 Å². The van der Waals surface area contributed by atoms with Crippen molar-refractivity contribution < 1.29 is 4.74 Å². The van der Waals surface area contributed by atoms with Crippen molar-refractivity contribution in [2.45, 2.75) is 6.92 Å². The van der Waals surface area contributed by atoms with Gasteiger partial charge >= 0.3 is 0 Å². The molecule has 0 spiro atoms. The molecule has 0 N–H and O–H groups in total. The Hall–Kier alpha value is -2.03. The summed E-state index contributed by atoms with van der Waals surface area (Å²) >= 11 is 0. The van der Waals surface area contributed by atoms with E-state index in [4.69, 9.17) is 4.74 Å². The second-order valence-corrected chi connectivity index (χ2v) is 3.90. The van der Waals surface area contributed by atoms with E-state index < -0.39 is 0 Å². The second-order valence-electron chi connectivity index (χ2n) is 3.90. The summed E-state index contributed by atoms with van der Waals surface area (Å²) in [6.07, 6.45) is 2.09. The SMILES string of the molecule is COc1ccc2c(c1)nc1ccc(C)cn12. The van der Waals surface area contributed by atoms with E-state index in [1.54, 1.807) is 7.11 Å². The highest BCUT2D eigenvalue weighted by Gasteiger charge is 2.04. The van der Waals surface area contributed by atoms with Crippen LogP contribution in [0.1, 0.15) is 5.56 Å². The number of ether oxygens (including phenoxy) is 1. The first-order chi connectivity index (χ1) is 7.78. The third-order valence-electron chi connectivity index (χ3n) is 2.75. The lowest BCUT2D eigenvalue weighted by Crippen LogP contribution is -1.85. The van der Waals surface area contributed by atoms with Gasteiger partial charge in [-0.1, -0.05) is 6.07 Å². The fraction of sp³-hybridized carbons (Fsp3) is 0.154. The number of rotatable bonds is 1. The summed E-state index contributed by atoms with van der Waals surface area (Å²) in [6, 6.07) is 10.0. The minimum atomic E-state index is 0.840. The largest absolute Gasteiger partial charge is 0.497 e. The van der Waals surface area contributed by atoms with E-state index in [1.807, 2.05) is 24.3 Å². The van der Waals surface area contributed by atoms with Gasteiger partial charge in [0.05, 0.1) is 18.1 Å². The molecular formula is C13H12N2O. The number of imidazole rings is 1. The minimum Gasteiger partial charge on any atom is -0.497 e. The number of aromatic nitrogens is 2. The van der Waals surface area contributed by atoms with Crippen molar-refractivity contribution in [1.29, 1.82) is 0 Å². The second kappa shape index (κ2) is 3.23. The minimum absolute atomic E-state index is 0.840. The van der Waals surface area contributed by atoms with E-state index in [-0.39, 0.29) is 0 Å². The molecule has 0 saturated carbocycles. The number of hydrogen-bond donors (Lipinski definition) is 0. The van der Waals surface area contributed by atoms with Crippen molar-refractivity contribution in [2.75, 3.05) is 7.11 Å². The predicted molar refractivity (Wildman–Crippen MR) is 64.0 cm³/mol. The van der Waals surface area contributed by atoms with Gasteiger partial charge in [0.2, 0.25) is 0 Å². The zero-order valence-electron chi connectivity index (χ0n) is 9.27. The smallest absolute Gasteiger partial charge is 0.137 e. The summed E-state index contributed by atoms with van der Waals surface area (Å²) in [6.45, 7) is 2.08. The molecule has 0 aliphatic carbocycles. The molecule has 3 heteroatoms. The molecule has 0 aliphatic heterocycles. The summed E-state index contributed by atoms with van der Waals surface area (Å²) in [5.41, 5.74) is 4.26. The Morgan fingerprint density at radius 1 is 1.19 bits per heavy atom. The van der Waals surface area contributed by atoms with Gasteiger partial charge in [-0.2, -0.15) is 0 Å². The average molecular weight is 212 g/mol. The Bertz CT molecular complexity index is 670. The first-order valence-corrected chi connectivity index (χ1v) is 5.20. The Morgan fingerprint density at radius 2 is 2.06 bits per heavy atom. The molecule has 3 rings (SSSR count). The van der Waals surface area contributed by atoms with Crippen LogP contribution in [0.5, 0.6) is 5.75 Å². The molecule has 0 amide bonds. The van der Waals surface area contributed by atoms with Crippen LogP contribution in [0.2, 0.25) is 0 Å². The zero-order valence-corrected chi connectivity index (χ0v) is 9.27. The lowest BCUT2D eigenvalue weighted by atomic mass is 10.3. The van der Waals surface area contributed by atoms with E-state index in [0.717, 1.165) is 22.4 Å². The lowest BCUT2D eigenvalue weighted by molar-refractivity contribution is 0.415. The van der Waals surface area contributed by atoms with Crippen molar-refractivity contribution in [3.8, 4) is 5.75 Å². The standard InChI is InChI=1S/C13H12N2O/c1-9-3-6-13-14-11-7-10(16-2)4-5-12(11)15(13)8-9/h3-8H,1-2H3. The van der Waals surface area contributed by atoms with Crippen LogP contribution in [-0.2, 0) is 0 Å². The Labute approximate surface area is 93.3 Å². The predicted octanol–water partition coefficient (Wildman–Crippen LogP) is 2.80. The van der Waals surface area contributed by atoms with E-state index >= 15 is 0 Å². The maximum absolute atomic E-state index is 5.19.